The molecule has 2 aromatic carbocycles. The summed E-state index contributed by atoms with van der Waals surface area (Å²) in [5.74, 6) is 0.0316. The molecule has 1 N–H and O–H groups in total. The van der Waals surface area contributed by atoms with Gasteiger partial charge in [0.25, 0.3) is 5.91 Å². The summed E-state index contributed by atoms with van der Waals surface area (Å²) in [7, 11) is 0. The molecular weight excluding hydrogens is 385 g/mol. The number of nitrogens with one attached hydrogen (secondary N) is 1. The zero-order valence-corrected chi connectivity index (χ0v) is 17.1. The van der Waals surface area contributed by atoms with Gasteiger partial charge in [0.2, 0.25) is 5.91 Å². The number of benzene rings is 2. The van der Waals surface area contributed by atoms with Gasteiger partial charge < -0.3 is 15.0 Å². The molecule has 0 saturated carbocycles. The Bertz CT molecular complexity index is 806. The Kier molecular flexibility index (Phi) is 8.20. The zero-order chi connectivity index (χ0) is 21.2. The standard InChI is InChI=1S/C23H28FN3O3/c24-20-8-10-21(11-9-20)30-18-23(29)27-15-13-26(14-16-27)17-22(28)25-12-4-7-19-5-2-1-3-6-19/h1-3,5-6,8-11H,4,7,12-18H2,(H,25,28). The van der Waals surface area contributed by atoms with E-state index in [-0.39, 0.29) is 24.2 Å². The normalized spacial score (nSPS) is 14.4. The number of aryl methyl sites for hydroxylation is 1. The van der Waals surface area contributed by atoms with Gasteiger partial charge in [-0.15, -0.1) is 0 Å². The molecule has 1 fully saturated rings. The number of hydrogen-bond donors (Lipinski definition) is 1. The van der Waals surface area contributed by atoms with Crippen LogP contribution in [0.3, 0.4) is 0 Å². The smallest absolute Gasteiger partial charge is 0.260 e. The first kappa shape index (κ1) is 21.8. The van der Waals surface area contributed by atoms with Crippen LogP contribution >= 0.6 is 0 Å². The Morgan fingerprint density at radius 1 is 0.967 bits per heavy atom. The second-order valence-corrected chi connectivity index (χ2v) is 7.34. The van der Waals surface area contributed by atoms with Gasteiger partial charge in [-0.3, -0.25) is 14.5 Å². The Morgan fingerprint density at radius 3 is 2.37 bits per heavy atom. The van der Waals surface area contributed by atoms with E-state index < -0.39 is 0 Å². The van der Waals surface area contributed by atoms with Crippen molar-refractivity contribution in [2.24, 2.45) is 0 Å². The molecule has 30 heavy (non-hydrogen) atoms. The molecule has 0 radical (unpaired) electrons. The third kappa shape index (κ3) is 7.15. The Morgan fingerprint density at radius 2 is 1.67 bits per heavy atom. The van der Waals surface area contributed by atoms with Crippen molar-refractivity contribution in [3.63, 3.8) is 0 Å². The molecule has 160 valence electrons. The minimum atomic E-state index is -0.343. The predicted octanol–water partition coefficient (Wildman–Crippen LogP) is 2.10. The molecule has 7 heteroatoms. The fraction of sp³-hybridized carbons (Fsp3) is 0.391. The number of nitrogens with zero attached hydrogens (tertiary/aromatic N) is 2. The molecule has 0 atom stereocenters. The number of halogens is 1. The van der Waals surface area contributed by atoms with Crippen LogP contribution in [0.4, 0.5) is 4.39 Å². The van der Waals surface area contributed by atoms with Gasteiger partial charge in [-0.05, 0) is 42.7 Å². The largest absolute Gasteiger partial charge is 0.484 e. The van der Waals surface area contributed by atoms with Crippen molar-refractivity contribution in [1.29, 1.82) is 0 Å². The van der Waals surface area contributed by atoms with Gasteiger partial charge in [0, 0.05) is 32.7 Å². The van der Waals surface area contributed by atoms with Crippen LogP contribution in [0.1, 0.15) is 12.0 Å². The second-order valence-electron chi connectivity index (χ2n) is 7.34. The molecule has 1 heterocycles. The van der Waals surface area contributed by atoms with Gasteiger partial charge >= 0.3 is 0 Å². The molecule has 2 amide bonds. The van der Waals surface area contributed by atoms with Gasteiger partial charge in [0.15, 0.2) is 6.61 Å². The molecule has 0 bridgehead atoms. The van der Waals surface area contributed by atoms with Crippen molar-refractivity contribution in [1.82, 2.24) is 15.1 Å². The topological polar surface area (TPSA) is 61.9 Å². The number of carbonyl (C=O) groups excluding carboxylic acids is 2. The lowest BCUT2D eigenvalue weighted by atomic mass is 10.1. The summed E-state index contributed by atoms with van der Waals surface area (Å²) >= 11 is 0. The molecular formula is C23H28FN3O3. The van der Waals surface area contributed by atoms with E-state index in [1.165, 1.54) is 29.8 Å². The monoisotopic (exact) mass is 413 g/mol. The lowest BCUT2D eigenvalue weighted by molar-refractivity contribution is -0.135. The summed E-state index contributed by atoms with van der Waals surface area (Å²) in [5, 5.41) is 2.97. The maximum Gasteiger partial charge on any atom is 0.260 e. The van der Waals surface area contributed by atoms with Gasteiger partial charge in [0.1, 0.15) is 11.6 Å². The Balaban J connectivity index is 1.28. The van der Waals surface area contributed by atoms with Crippen molar-refractivity contribution in [3.05, 3.63) is 66.0 Å². The van der Waals surface area contributed by atoms with E-state index in [0.717, 1.165) is 12.8 Å². The van der Waals surface area contributed by atoms with Crippen molar-refractivity contribution < 1.29 is 18.7 Å². The predicted molar refractivity (Wildman–Crippen MR) is 113 cm³/mol. The van der Waals surface area contributed by atoms with Crippen LogP contribution in [-0.4, -0.2) is 67.5 Å². The molecule has 3 rings (SSSR count). The summed E-state index contributed by atoms with van der Waals surface area (Å²) in [6.07, 6.45) is 1.86. The van der Waals surface area contributed by atoms with E-state index in [4.69, 9.17) is 4.74 Å². The van der Waals surface area contributed by atoms with E-state index in [0.29, 0.717) is 45.0 Å². The van der Waals surface area contributed by atoms with Crippen molar-refractivity contribution in [2.75, 3.05) is 45.9 Å². The third-order valence-electron chi connectivity index (χ3n) is 5.08. The molecule has 1 aliphatic heterocycles. The summed E-state index contributed by atoms with van der Waals surface area (Å²) in [6.45, 7) is 3.36. The first-order valence-electron chi connectivity index (χ1n) is 10.3. The van der Waals surface area contributed by atoms with E-state index in [1.807, 2.05) is 18.2 Å². The molecule has 0 aliphatic carbocycles. The van der Waals surface area contributed by atoms with Crippen LogP contribution < -0.4 is 10.1 Å². The number of piperazine rings is 1. The zero-order valence-electron chi connectivity index (χ0n) is 17.1. The second kappa shape index (κ2) is 11.3. The quantitative estimate of drug-likeness (QED) is 0.640. The summed E-state index contributed by atoms with van der Waals surface area (Å²) in [4.78, 5) is 28.2. The first-order valence-corrected chi connectivity index (χ1v) is 10.3. The van der Waals surface area contributed by atoms with Gasteiger partial charge in [-0.2, -0.15) is 0 Å². The van der Waals surface area contributed by atoms with Crippen LogP contribution in [0.2, 0.25) is 0 Å². The van der Waals surface area contributed by atoms with Crippen molar-refractivity contribution in [3.8, 4) is 5.75 Å². The number of amides is 2. The highest BCUT2D eigenvalue weighted by molar-refractivity contribution is 5.79. The van der Waals surface area contributed by atoms with Crippen LogP contribution in [0, 0.1) is 5.82 Å². The highest BCUT2D eigenvalue weighted by Crippen LogP contribution is 2.11. The molecule has 0 unspecified atom stereocenters. The van der Waals surface area contributed by atoms with E-state index in [9.17, 15) is 14.0 Å². The number of ether oxygens (including phenoxy) is 1. The number of carbonyl (C=O) groups is 2. The summed E-state index contributed by atoms with van der Waals surface area (Å²) < 4.78 is 18.3. The maximum absolute atomic E-state index is 12.9. The van der Waals surface area contributed by atoms with Gasteiger partial charge in [-0.25, -0.2) is 4.39 Å². The van der Waals surface area contributed by atoms with Crippen molar-refractivity contribution >= 4 is 11.8 Å². The van der Waals surface area contributed by atoms with E-state index in [1.54, 1.807) is 4.90 Å². The van der Waals surface area contributed by atoms with Crippen LogP contribution in [-0.2, 0) is 16.0 Å². The molecule has 2 aromatic rings. The lowest BCUT2D eigenvalue weighted by Gasteiger charge is -2.34. The average Bonchev–Trinajstić information content (AvgIpc) is 2.77. The highest BCUT2D eigenvalue weighted by Gasteiger charge is 2.22. The molecule has 1 saturated heterocycles. The molecule has 0 spiro atoms. The number of rotatable bonds is 9. The summed E-state index contributed by atoms with van der Waals surface area (Å²) in [6, 6.07) is 15.8. The molecule has 1 aliphatic rings. The van der Waals surface area contributed by atoms with Crippen molar-refractivity contribution in [2.45, 2.75) is 12.8 Å². The van der Waals surface area contributed by atoms with E-state index >= 15 is 0 Å². The highest BCUT2D eigenvalue weighted by atomic mass is 19.1. The van der Waals surface area contributed by atoms with Crippen LogP contribution in [0.25, 0.3) is 0 Å². The Hall–Kier alpha value is -2.93. The third-order valence-corrected chi connectivity index (χ3v) is 5.08. The average molecular weight is 413 g/mol. The maximum atomic E-state index is 12.9. The van der Waals surface area contributed by atoms with Crippen LogP contribution in [0.5, 0.6) is 5.75 Å². The van der Waals surface area contributed by atoms with E-state index in [2.05, 4.69) is 22.3 Å². The molecule has 6 nitrogen and oxygen atoms in total. The Labute approximate surface area is 176 Å². The van der Waals surface area contributed by atoms with Crippen LogP contribution in [0.15, 0.2) is 54.6 Å². The fourth-order valence-electron chi connectivity index (χ4n) is 3.35. The van der Waals surface area contributed by atoms with Gasteiger partial charge in [0.05, 0.1) is 6.54 Å². The minimum absolute atomic E-state index is 0.0162. The van der Waals surface area contributed by atoms with Gasteiger partial charge in [-0.1, -0.05) is 30.3 Å². The minimum Gasteiger partial charge on any atom is -0.484 e. The summed E-state index contributed by atoms with van der Waals surface area (Å²) in [5.41, 5.74) is 1.27. The first-order chi connectivity index (χ1) is 14.6. The fourth-order valence-corrected chi connectivity index (χ4v) is 3.35. The SMILES string of the molecule is O=C(CN1CCN(C(=O)COc2ccc(F)cc2)CC1)NCCCc1ccccc1. The molecule has 0 aromatic heterocycles. The number of hydrogen-bond acceptors (Lipinski definition) is 4. The lowest BCUT2D eigenvalue weighted by Crippen LogP contribution is -2.52.